The molecule has 0 aliphatic heterocycles. The molecule has 0 fully saturated rings. The van der Waals surface area contributed by atoms with Crippen LogP contribution in [0.2, 0.25) is 0 Å². The maximum Gasteiger partial charge on any atom is 0.216 e. The summed E-state index contributed by atoms with van der Waals surface area (Å²) in [5, 5.41) is 0. The molecule has 2 atom stereocenters. The van der Waals surface area contributed by atoms with Crippen molar-refractivity contribution < 1.29 is 4.52 Å². The first-order valence-corrected chi connectivity index (χ1v) is 5.45. The van der Waals surface area contributed by atoms with Crippen LogP contribution in [0.4, 0.5) is 0 Å². The summed E-state index contributed by atoms with van der Waals surface area (Å²) in [7, 11) is 0.365. The van der Waals surface area contributed by atoms with Crippen LogP contribution < -0.4 is 0 Å². The Bertz CT molecular complexity index is 93.4. The van der Waals surface area contributed by atoms with Crippen LogP contribution in [0.1, 0.15) is 13.3 Å². The van der Waals surface area contributed by atoms with Gasteiger partial charge in [-0.3, -0.25) is 0 Å². The quantitative estimate of drug-likeness (QED) is 0.526. The van der Waals surface area contributed by atoms with Crippen LogP contribution in [-0.2, 0) is 4.52 Å². The van der Waals surface area contributed by atoms with Crippen LogP contribution in [0.25, 0.3) is 0 Å². The first kappa shape index (κ1) is 11.3. The monoisotopic (exact) mass is 222 g/mol. The number of hydrogen-bond acceptors (Lipinski definition) is 1. The van der Waals surface area contributed by atoms with Gasteiger partial charge in [-0.2, -0.15) is 0 Å². The summed E-state index contributed by atoms with van der Waals surface area (Å²) in [6, 6.07) is 0. The van der Waals surface area contributed by atoms with E-state index in [1.165, 1.54) is 0 Å². The molecule has 0 aliphatic rings. The first-order valence-electron chi connectivity index (χ1n) is 2.91. The van der Waals surface area contributed by atoms with Crippen LogP contribution in [0, 0.1) is 0 Å². The number of alkyl halides is 3. The summed E-state index contributed by atoms with van der Waals surface area (Å²) in [5.41, 5.74) is 0. The lowest BCUT2D eigenvalue weighted by atomic mass is 10.3. The Morgan fingerprint density at radius 1 is 1.50 bits per heavy atom. The molecule has 0 rings (SSSR count). The molecular formula is C5H10Cl3OP. The Morgan fingerprint density at radius 2 is 2.00 bits per heavy atom. The molecule has 0 aromatic rings. The van der Waals surface area contributed by atoms with Gasteiger partial charge in [-0.1, -0.05) is 41.7 Å². The molecule has 0 saturated carbocycles. The molecule has 0 heterocycles. The average Bonchev–Trinajstić information content (AvgIpc) is 1.80. The van der Waals surface area contributed by atoms with E-state index in [0.717, 1.165) is 6.42 Å². The van der Waals surface area contributed by atoms with E-state index in [1.54, 1.807) is 0 Å². The van der Waals surface area contributed by atoms with E-state index in [0.29, 0.717) is 8.81 Å². The van der Waals surface area contributed by atoms with Gasteiger partial charge in [0, 0.05) is 8.81 Å². The zero-order chi connectivity index (χ0) is 8.20. The molecule has 0 aliphatic carbocycles. The number of hydrogen-bond donors (Lipinski definition) is 0. The molecule has 0 spiro atoms. The highest BCUT2D eigenvalue weighted by molar-refractivity contribution is 7.31. The second-order valence-corrected chi connectivity index (χ2v) is 4.77. The van der Waals surface area contributed by atoms with Crippen LogP contribution >= 0.6 is 43.6 Å². The SMILES string of the molecule is CCC(OPC)C(Cl)(Cl)Cl. The zero-order valence-electron chi connectivity index (χ0n) is 5.83. The molecule has 62 valence electrons. The van der Waals surface area contributed by atoms with Crippen molar-refractivity contribution in [3.05, 3.63) is 0 Å². The van der Waals surface area contributed by atoms with Crippen molar-refractivity contribution in [1.29, 1.82) is 0 Å². The summed E-state index contributed by atoms with van der Waals surface area (Å²) < 4.78 is 3.91. The standard InChI is InChI=1S/C5H10Cl3OP/c1-3-4(9-10-2)5(6,7)8/h4,10H,3H2,1-2H3. The summed E-state index contributed by atoms with van der Waals surface area (Å²) in [6.07, 6.45) is 0.443. The summed E-state index contributed by atoms with van der Waals surface area (Å²) >= 11 is 16.8. The van der Waals surface area contributed by atoms with Gasteiger partial charge in [0.1, 0.15) is 6.10 Å². The van der Waals surface area contributed by atoms with Crippen molar-refractivity contribution in [1.82, 2.24) is 0 Å². The van der Waals surface area contributed by atoms with Gasteiger partial charge in [0.15, 0.2) is 0 Å². The minimum atomic E-state index is -1.28. The van der Waals surface area contributed by atoms with E-state index in [9.17, 15) is 0 Å². The third-order valence-electron chi connectivity index (χ3n) is 0.996. The highest BCUT2D eigenvalue weighted by Gasteiger charge is 2.31. The lowest BCUT2D eigenvalue weighted by Crippen LogP contribution is -2.25. The molecule has 0 radical (unpaired) electrons. The second kappa shape index (κ2) is 5.00. The minimum Gasteiger partial charge on any atom is -0.355 e. The predicted molar refractivity (Wildman–Crippen MR) is 49.7 cm³/mol. The largest absolute Gasteiger partial charge is 0.355 e. The van der Waals surface area contributed by atoms with Gasteiger partial charge >= 0.3 is 0 Å². The van der Waals surface area contributed by atoms with Crippen molar-refractivity contribution in [2.45, 2.75) is 23.2 Å². The fourth-order valence-corrected chi connectivity index (χ4v) is 1.97. The highest BCUT2D eigenvalue weighted by Crippen LogP contribution is 2.36. The van der Waals surface area contributed by atoms with E-state index < -0.39 is 3.79 Å². The van der Waals surface area contributed by atoms with Gasteiger partial charge in [-0.15, -0.1) is 0 Å². The molecule has 0 aromatic carbocycles. The predicted octanol–water partition coefficient (Wildman–Crippen LogP) is 3.38. The Balaban J connectivity index is 3.81. The van der Waals surface area contributed by atoms with E-state index in [-0.39, 0.29) is 6.10 Å². The van der Waals surface area contributed by atoms with Crippen molar-refractivity contribution in [3.8, 4) is 0 Å². The lowest BCUT2D eigenvalue weighted by Gasteiger charge is -2.21. The molecule has 0 bridgehead atoms. The topological polar surface area (TPSA) is 9.23 Å². The Kier molecular flexibility index (Phi) is 5.63. The smallest absolute Gasteiger partial charge is 0.216 e. The van der Waals surface area contributed by atoms with E-state index in [1.807, 2.05) is 13.6 Å². The van der Waals surface area contributed by atoms with Gasteiger partial charge in [0.05, 0.1) is 0 Å². The van der Waals surface area contributed by atoms with Crippen LogP contribution in [0.5, 0.6) is 0 Å². The van der Waals surface area contributed by atoms with Gasteiger partial charge in [0.2, 0.25) is 3.79 Å². The summed E-state index contributed by atoms with van der Waals surface area (Å²) in [5.74, 6) is 0. The molecule has 2 unspecified atom stereocenters. The molecule has 10 heavy (non-hydrogen) atoms. The third kappa shape index (κ3) is 4.20. The average molecular weight is 223 g/mol. The maximum absolute atomic E-state index is 5.59. The van der Waals surface area contributed by atoms with E-state index in [2.05, 4.69) is 0 Å². The Morgan fingerprint density at radius 3 is 2.10 bits per heavy atom. The fourth-order valence-electron chi connectivity index (χ4n) is 0.524. The number of rotatable bonds is 3. The van der Waals surface area contributed by atoms with Crippen molar-refractivity contribution in [2.75, 3.05) is 6.66 Å². The van der Waals surface area contributed by atoms with Crippen molar-refractivity contribution in [2.24, 2.45) is 0 Å². The Labute approximate surface area is 78.2 Å². The van der Waals surface area contributed by atoms with E-state index >= 15 is 0 Å². The van der Waals surface area contributed by atoms with Gasteiger partial charge in [-0.05, 0) is 13.1 Å². The second-order valence-electron chi connectivity index (χ2n) is 1.76. The Hall–Kier alpha value is 1.26. The van der Waals surface area contributed by atoms with Gasteiger partial charge in [0.25, 0.3) is 0 Å². The molecule has 0 amide bonds. The van der Waals surface area contributed by atoms with Crippen LogP contribution in [0.3, 0.4) is 0 Å². The summed E-state index contributed by atoms with van der Waals surface area (Å²) in [6.45, 7) is 3.83. The highest BCUT2D eigenvalue weighted by atomic mass is 35.6. The molecule has 0 aromatic heterocycles. The zero-order valence-corrected chi connectivity index (χ0v) is 9.09. The van der Waals surface area contributed by atoms with Crippen LogP contribution in [-0.4, -0.2) is 16.6 Å². The van der Waals surface area contributed by atoms with E-state index in [4.69, 9.17) is 39.3 Å². The molecular weight excluding hydrogens is 213 g/mol. The fraction of sp³-hybridized carbons (Fsp3) is 1.00. The minimum absolute atomic E-state index is 0.277. The molecule has 0 saturated heterocycles. The third-order valence-corrected chi connectivity index (χ3v) is 2.25. The van der Waals surface area contributed by atoms with Crippen molar-refractivity contribution in [3.63, 3.8) is 0 Å². The lowest BCUT2D eigenvalue weighted by molar-refractivity contribution is 0.234. The molecule has 5 heteroatoms. The molecule has 0 N–H and O–H groups in total. The summed E-state index contributed by atoms with van der Waals surface area (Å²) in [4.78, 5) is 0. The first-order chi connectivity index (χ1) is 4.52. The van der Waals surface area contributed by atoms with Crippen molar-refractivity contribution >= 4 is 43.6 Å². The van der Waals surface area contributed by atoms with Gasteiger partial charge < -0.3 is 4.52 Å². The van der Waals surface area contributed by atoms with Crippen LogP contribution in [0.15, 0.2) is 0 Å². The van der Waals surface area contributed by atoms with Gasteiger partial charge in [-0.25, -0.2) is 0 Å². The molecule has 1 nitrogen and oxygen atoms in total. The maximum atomic E-state index is 5.59. The number of halogens is 3. The normalized spacial score (nSPS) is 16.5.